The molecule has 2 aromatic heterocycles. The number of hydrazone groups is 1. The second-order valence-electron chi connectivity index (χ2n) is 3.82. The molecule has 3 rings (SSSR count). The van der Waals surface area contributed by atoms with Crippen LogP contribution in [0, 0.1) is 0 Å². The minimum atomic E-state index is -0.207. The first-order valence-corrected chi connectivity index (χ1v) is 5.64. The number of nitrogens with zero attached hydrogens (tertiary/aromatic N) is 2. The van der Waals surface area contributed by atoms with Crippen molar-refractivity contribution in [2.45, 2.75) is 0 Å². The highest BCUT2D eigenvalue weighted by atomic mass is 16.3. The molecule has 3 aromatic rings. The molecule has 0 saturated heterocycles. The smallest absolute Gasteiger partial charge is 0.260 e. The summed E-state index contributed by atoms with van der Waals surface area (Å²) >= 11 is 0. The zero-order valence-corrected chi connectivity index (χ0v) is 9.83. The summed E-state index contributed by atoms with van der Waals surface area (Å²) in [6.07, 6.45) is 3.05. The summed E-state index contributed by atoms with van der Waals surface area (Å²) in [5.41, 5.74) is 3.06. The van der Waals surface area contributed by atoms with Crippen molar-refractivity contribution in [1.82, 2.24) is 9.97 Å². The number of para-hydroxylation sites is 1. The standard InChI is InChI=1S/C13H10N4O2/c18-12-10-5-1-2-6-11(10)15-13(16-12)17-14-8-9-4-3-7-19-9/h1-8H,(H2,15,16,17,18). The van der Waals surface area contributed by atoms with Gasteiger partial charge >= 0.3 is 0 Å². The van der Waals surface area contributed by atoms with Crippen LogP contribution in [0.1, 0.15) is 5.76 Å². The highest BCUT2D eigenvalue weighted by Gasteiger charge is 2.01. The van der Waals surface area contributed by atoms with Gasteiger partial charge in [0.25, 0.3) is 5.56 Å². The third kappa shape index (κ3) is 2.37. The topological polar surface area (TPSA) is 83.3 Å². The van der Waals surface area contributed by atoms with Gasteiger partial charge in [-0.05, 0) is 24.3 Å². The zero-order chi connectivity index (χ0) is 13.1. The van der Waals surface area contributed by atoms with Gasteiger partial charge in [0.05, 0.1) is 23.4 Å². The van der Waals surface area contributed by atoms with Gasteiger partial charge in [0.2, 0.25) is 5.95 Å². The summed E-state index contributed by atoms with van der Waals surface area (Å²) in [6.45, 7) is 0. The number of nitrogens with one attached hydrogen (secondary N) is 2. The SMILES string of the molecule is O=c1[nH]c(NN=Cc2ccco2)nc2ccccc12. The number of H-pyrrole nitrogens is 1. The maximum Gasteiger partial charge on any atom is 0.260 e. The predicted octanol–water partition coefficient (Wildman–Crippen LogP) is 1.96. The molecule has 0 amide bonds. The Bertz CT molecular complexity index is 775. The highest BCUT2D eigenvalue weighted by Crippen LogP contribution is 2.07. The molecule has 94 valence electrons. The molecule has 2 N–H and O–H groups in total. The van der Waals surface area contributed by atoms with Gasteiger partial charge in [-0.15, -0.1) is 0 Å². The summed E-state index contributed by atoms with van der Waals surface area (Å²) in [5, 5.41) is 4.48. The van der Waals surface area contributed by atoms with Crippen LogP contribution >= 0.6 is 0 Å². The van der Waals surface area contributed by atoms with Crippen molar-refractivity contribution in [2.24, 2.45) is 5.10 Å². The lowest BCUT2D eigenvalue weighted by Gasteiger charge is -2.00. The number of furan rings is 1. The molecule has 1 aromatic carbocycles. The fraction of sp³-hybridized carbons (Fsp3) is 0. The van der Waals surface area contributed by atoms with Crippen molar-refractivity contribution >= 4 is 23.1 Å². The van der Waals surface area contributed by atoms with Gasteiger partial charge < -0.3 is 4.42 Å². The van der Waals surface area contributed by atoms with E-state index < -0.39 is 0 Å². The van der Waals surface area contributed by atoms with E-state index in [-0.39, 0.29) is 11.5 Å². The summed E-state index contributed by atoms with van der Waals surface area (Å²) in [6, 6.07) is 10.6. The number of anilines is 1. The number of fused-ring (bicyclic) bond motifs is 1. The van der Waals surface area contributed by atoms with Crippen LogP contribution in [0.4, 0.5) is 5.95 Å². The van der Waals surface area contributed by atoms with E-state index in [9.17, 15) is 4.79 Å². The second kappa shape index (κ2) is 4.77. The minimum absolute atomic E-state index is 0.207. The van der Waals surface area contributed by atoms with Gasteiger partial charge in [-0.3, -0.25) is 9.78 Å². The fourth-order valence-electron chi connectivity index (χ4n) is 1.66. The molecule has 0 saturated carbocycles. The molecular weight excluding hydrogens is 244 g/mol. The minimum Gasteiger partial charge on any atom is -0.463 e. The van der Waals surface area contributed by atoms with Crippen LogP contribution < -0.4 is 11.0 Å². The average molecular weight is 254 g/mol. The van der Waals surface area contributed by atoms with E-state index in [1.807, 2.05) is 6.07 Å². The Morgan fingerprint density at radius 1 is 1.26 bits per heavy atom. The van der Waals surface area contributed by atoms with Crippen molar-refractivity contribution in [2.75, 3.05) is 5.43 Å². The van der Waals surface area contributed by atoms with Crippen molar-refractivity contribution in [3.63, 3.8) is 0 Å². The van der Waals surface area contributed by atoms with E-state index in [1.54, 1.807) is 36.6 Å². The molecule has 19 heavy (non-hydrogen) atoms. The Balaban J connectivity index is 1.87. The van der Waals surface area contributed by atoms with Crippen LogP contribution in [0.5, 0.6) is 0 Å². The summed E-state index contributed by atoms with van der Waals surface area (Å²) in [4.78, 5) is 18.6. The number of aromatic nitrogens is 2. The van der Waals surface area contributed by atoms with Crippen molar-refractivity contribution < 1.29 is 4.42 Å². The van der Waals surface area contributed by atoms with E-state index in [1.165, 1.54) is 6.21 Å². The molecule has 0 aliphatic carbocycles. The zero-order valence-electron chi connectivity index (χ0n) is 9.83. The van der Waals surface area contributed by atoms with Crippen LogP contribution in [0.15, 0.2) is 57.0 Å². The third-order valence-corrected chi connectivity index (χ3v) is 2.52. The summed E-state index contributed by atoms with van der Waals surface area (Å²) in [7, 11) is 0. The molecule has 6 heteroatoms. The van der Waals surface area contributed by atoms with Gasteiger partial charge in [0.15, 0.2) is 0 Å². The van der Waals surface area contributed by atoms with Gasteiger partial charge in [-0.2, -0.15) is 5.10 Å². The molecule has 0 fully saturated rings. The van der Waals surface area contributed by atoms with Crippen LogP contribution in [0.2, 0.25) is 0 Å². The molecule has 0 unspecified atom stereocenters. The normalized spacial score (nSPS) is 11.2. The molecular formula is C13H10N4O2. The Kier molecular flexibility index (Phi) is 2.82. The maximum atomic E-state index is 11.8. The van der Waals surface area contributed by atoms with Gasteiger partial charge in [-0.25, -0.2) is 10.4 Å². The van der Waals surface area contributed by atoms with Crippen molar-refractivity contribution in [3.8, 4) is 0 Å². The molecule has 6 nitrogen and oxygen atoms in total. The molecule has 0 radical (unpaired) electrons. The lowest BCUT2D eigenvalue weighted by molar-refractivity contribution is 0.560. The fourth-order valence-corrected chi connectivity index (χ4v) is 1.66. The third-order valence-electron chi connectivity index (χ3n) is 2.52. The Morgan fingerprint density at radius 3 is 3.00 bits per heavy atom. The van der Waals surface area contributed by atoms with Gasteiger partial charge in [-0.1, -0.05) is 12.1 Å². The van der Waals surface area contributed by atoms with Crippen LogP contribution in [0.25, 0.3) is 10.9 Å². The van der Waals surface area contributed by atoms with Crippen LogP contribution in [-0.2, 0) is 0 Å². The summed E-state index contributed by atoms with van der Waals surface area (Å²) in [5.74, 6) is 0.891. The quantitative estimate of drug-likeness (QED) is 0.553. The van der Waals surface area contributed by atoms with Crippen LogP contribution in [-0.4, -0.2) is 16.2 Å². The van der Waals surface area contributed by atoms with E-state index in [4.69, 9.17) is 4.42 Å². The molecule has 0 aliphatic heterocycles. The first-order chi connectivity index (χ1) is 9.33. The van der Waals surface area contributed by atoms with Crippen molar-refractivity contribution in [3.05, 3.63) is 58.8 Å². The molecule has 0 atom stereocenters. The van der Waals surface area contributed by atoms with E-state index in [0.717, 1.165) is 0 Å². The predicted molar refractivity (Wildman–Crippen MR) is 72.3 cm³/mol. The number of benzene rings is 1. The maximum absolute atomic E-state index is 11.8. The lowest BCUT2D eigenvalue weighted by Crippen LogP contribution is -2.10. The van der Waals surface area contributed by atoms with E-state index >= 15 is 0 Å². The summed E-state index contributed by atoms with van der Waals surface area (Å²) < 4.78 is 5.08. The number of hydrogen-bond donors (Lipinski definition) is 2. The van der Waals surface area contributed by atoms with Gasteiger partial charge in [0, 0.05) is 0 Å². The average Bonchev–Trinajstić information content (AvgIpc) is 2.92. The lowest BCUT2D eigenvalue weighted by atomic mass is 10.2. The largest absolute Gasteiger partial charge is 0.463 e. The van der Waals surface area contributed by atoms with Crippen LogP contribution in [0.3, 0.4) is 0 Å². The molecule has 0 spiro atoms. The highest BCUT2D eigenvalue weighted by molar-refractivity contribution is 5.79. The van der Waals surface area contributed by atoms with Gasteiger partial charge in [0.1, 0.15) is 5.76 Å². The Hall–Kier alpha value is -2.89. The Morgan fingerprint density at radius 2 is 2.16 bits per heavy atom. The number of aromatic amines is 1. The van der Waals surface area contributed by atoms with E-state index in [0.29, 0.717) is 16.7 Å². The number of hydrogen-bond acceptors (Lipinski definition) is 5. The monoisotopic (exact) mass is 254 g/mol. The molecule has 0 aliphatic rings. The second-order valence-corrected chi connectivity index (χ2v) is 3.82. The Labute approximate surface area is 107 Å². The molecule has 2 heterocycles. The first-order valence-electron chi connectivity index (χ1n) is 5.64. The van der Waals surface area contributed by atoms with E-state index in [2.05, 4.69) is 20.5 Å². The van der Waals surface area contributed by atoms with Crippen molar-refractivity contribution in [1.29, 1.82) is 0 Å². The first kappa shape index (κ1) is 11.2. The number of rotatable bonds is 3. The molecule has 0 bridgehead atoms.